The Kier molecular flexibility index (Phi) is 5.45. The van der Waals surface area contributed by atoms with Gasteiger partial charge in [-0.05, 0) is 56.2 Å². The van der Waals surface area contributed by atoms with Crippen molar-refractivity contribution in [1.82, 2.24) is 9.55 Å². The van der Waals surface area contributed by atoms with E-state index in [-0.39, 0.29) is 18.0 Å². The van der Waals surface area contributed by atoms with Crippen LogP contribution in [0.5, 0.6) is 0 Å². The number of fused-ring (bicyclic) bond motifs is 1. The van der Waals surface area contributed by atoms with E-state index in [0.29, 0.717) is 32.3 Å². The second-order valence-electron chi connectivity index (χ2n) is 7.19. The van der Waals surface area contributed by atoms with E-state index < -0.39 is 0 Å². The number of aryl methyl sites for hydroxylation is 3. The molecule has 1 N–H and O–H groups in total. The number of aromatic nitrogens is 2. The highest BCUT2D eigenvalue weighted by Gasteiger charge is 2.20. The third-order valence-electron chi connectivity index (χ3n) is 5.01. The molecule has 0 spiro atoms. The Morgan fingerprint density at radius 3 is 2.63 bits per heavy atom. The summed E-state index contributed by atoms with van der Waals surface area (Å²) in [6, 6.07) is 14.7. The SMILES string of the molecule is Cc1cccc(NC(=O)Cn2c(-c3ccccc3Cl)nc3sc(C)c(C)c3c2=O)c1. The number of benzene rings is 2. The minimum Gasteiger partial charge on any atom is -0.325 e. The number of thiophene rings is 1. The number of halogens is 1. The molecule has 0 saturated heterocycles. The van der Waals surface area contributed by atoms with E-state index in [0.717, 1.165) is 16.0 Å². The predicted octanol–water partition coefficient (Wildman–Crippen LogP) is 5.34. The molecule has 0 saturated carbocycles. The van der Waals surface area contributed by atoms with Crippen molar-refractivity contribution in [1.29, 1.82) is 0 Å². The van der Waals surface area contributed by atoms with Gasteiger partial charge in [0.15, 0.2) is 0 Å². The largest absolute Gasteiger partial charge is 0.325 e. The van der Waals surface area contributed by atoms with Gasteiger partial charge in [0.25, 0.3) is 5.56 Å². The average Bonchev–Trinajstić information content (AvgIpc) is 2.98. The molecule has 2 aromatic heterocycles. The van der Waals surface area contributed by atoms with E-state index in [1.807, 2.05) is 57.2 Å². The Bertz CT molecular complexity index is 1340. The van der Waals surface area contributed by atoms with E-state index in [9.17, 15) is 9.59 Å². The zero-order valence-corrected chi connectivity index (χ0v) is 18.4. The van der Waals surface area contributed by atoms with Gasteiger partial charge in [-0.15, -0.1) is 11.3 Å². The number of amides is 1. The summed E-state index contributed by atoms with van der Waals surface area (Å²) in [4.78, 5) is 32.7. The second-order valence-corrected chi connectivity index (χ2v) is 8.80. The Labute approximate surface area is 183 Å². The quantitative estimate of drug-likeness (QED) is 0.468. The lowest BCUT2D eigenvalue weighted by atomic mass is 10.1. The number of nitrogens with one attached hydrogen (secondary N) is 1. The number of carbonyl (C=O) groups excluding carboxylic acids is 1. The normalized spacial score (nSPS) is 11.1. The fraction of sp³-hybridized carbons (Fsp3) is 0.174. The number of hydrogen-bond acceptors (Lipinski definition) is 4. The molecular formula is C23H20ClN3O2S. The third kappa shape index (κ3) is 3.76. The molecule has 152 valence electrons. The summed E-state index contributed by atoms with van der Waals surface area (Å²) in [6.07, 6.45) is 0. The zero-order chi connectivity index (χ0) is 21.4. The van der Waals surface area contributed by atoms with Crippen molar-refractivity contribution in [2.75, 3.05) is 5.32 Å². The molecular weight excluding hydrogens is 418 g/mol. The minimum absolute atomic E-state index is 0.162. The molecule has 1 amide bonds. The molecule has 4 aromatic rings. The van der Waals surface area contributed by atoms with Crippen LogP contribution in [-0.2, 0) is 11.3 Å². The van der Waals surface area contributed by atoms with E-state index in [1.54, 1.807) is 12.1 Å². The molecule has 0 radical (unpaired) electrons. The van der Waals surface area contributed by atoms with E-state index >= 15 is 0 Å². The summed E-state index contributed by atoms with van der Waals surface area (Å²) in [5.41, 5.74) is 2.99. The molecule has 0 aliphatic heterocycles. The maximum atomic E-state index is 13.4. The van der Waals surface area contributed by atoms with Gasteiger partial charge in [0.2, 0.25) is 5.91 Å². The monoisotopic (exact) mass is 437 g/mol. The van der Waals surface area contributed by atoms with Crippen molar-refractivity contribution >= 4 is 44.7 Å². The standard InChI is InChI=1S/C23H20ClN3O2S/c1-13-7-6-8-16(11-13)25-19(28)12-27-21(17-9-4-5-10-18(17)24)26-22-20(23(27)29)14(2)15(3)30-22/h4-11H,12H2,1-3H3,(H,25,28). The number of nitrogens with zero attached hydrogens (tertiary/aromatic N) is 2. The van der Waals surface area contributed by atoms with Crippen molar-refractivity contribution < 1.29 is 4.79 Å². The Hall–Kier alpha value is -2.96. The van der Waals surface area contributed by atoms with Crippen LogP contribution in [0.25, 0.3) is 21.6 Å². The molecule has 7 heteroatoms. The molecule has 0 aliphatic carbocycles. The van der Waals surface area contributed by atoms with Gasteiger partial charge in [0.1, 0.15) is 17.2 Å². The molecule has 30 heavy (non-hydrogen) atoms. The van der Waals surface area contributed by atoms with Crippen LogP contribution in [0.1, 0.15) is 16.0 Å². The molecule has 0 bridgehead atoms. The smallest absolute Gasteiger partial charge is 0.263 e. The first-order chi connectivity index (χ1) is 14.3. The van der Waals surface area contributed by atoms with Crippen molar-refractivity contribution in [3.63, 3.8) is 0 Å². The molecule has 4 rings (SSSR count). The van der Waals surface area contributed by atoms with Gasteiger partial charge in [0.05, 0.1) is 10.4 Å². The Morgan fingerprint density at radius 1 is 1.13 bits per heavy atom. The first kappa shape index (κ1) is 20.3. The van der Waals surface area contributed by atoms with Gasteiger partial charge in [-0.3, -0.25) is 14.2 Å². The number of rotatable bonds is 4. The topological polar surface area (TPSA) is 64.0 Å². The van der Waals surface area contributed by atoms with Crippen LogP contribution in [-0.4, -0.2) is 15.5 Å². The van der Waals surface area contributed by atoms with Gasteiger partial charge in [-0.2, -0.15) is 0 Å². The Balaban J connectivity index is 1.84. The van der Waals surface area contributed by atoms with Gasteiger partial charge < -0.3 is 5.32 Å². The maximum Gasteiger partial charge on any atom is 0.263 e. The van der Waals surface area contributed by atoms with Crippen LogP contribution in [0.4, 0.5) is 5.69 Å². The molecule has 5 nitrogen and oxygen atoms in total. The summed E-state index contributed by atoms with van der Waals surface area (Å²) in [5, 5.41) is 3.89. The minimum atomic E-state index is -0.304. The van der Waals surface area contributed by atoms with Gasteiger partial charge >= 0.3 is 0 Å². The third-order valence-corrected chi connectivity index (χ3v) is 6.44. The average molecular weight is 438 g/mol. The highest BCUT2D eigenvalue weighted by atomic mass is 35.5. The van der Waals surface area contributed by atoms with E-state index in [1.165, 1.54) is 15.9 Å². The lowest BCUT2D eigenvalue weighted by molar-refractivity contribution is -0.116. The summed E-state index contributed by atoms with van der Waals surface area (Å²) in [6.45, 7) is 5.66. The lowest BCUT2D eigenvalue weighted by Gasteiger charge is -2.14. The molecule has 0 unspecified atom stereocenters. The predicted molar refractivity (Wildman–Crippen MR) is 124 cm³/mol. The highest BCUT2D eigenvalue weighted by Crippen LogP contribution is 2.31. The second kappa shape index (κ2) is 8.05. The molecule has 0 aliphatic rings. The first-order valence-electron chi connectivity index (χ1n) is 9.47. The summed E-state index contributed by atoms with van der Waals surface area (Å²) < 4.78 is 1.41. The number of carbonyl (C=O) groups is 1. The van der Waals surface area contributed by atoms with Crippen LogP contribution in [0.2, 0.25) is 5.02 Å². The van der Waals surface area contributed by atoms with Crippen LogP contribution in [0.15, 0.2) is 53.3 Å². The highest BCUT2D eigenvalue weighted by molar-refractivity contribution is 7.18. The van der Waals surface area contributed by atoms with Crippen LogP contribution >= 0.6 is 22.9 Å². The van der Waals surface area contributed by atoms with Crippen LogP contribution < -0.4 is 10.9 Å². The Morgan fingerprint density at radius 2 is 1.90 bits per heavy atom. The van der Waals surface area contributed by atoms with E-state index in [2.05, 4.69) is 5.32 Å². The van der Waals surface area contributed by atoms with Crippen molar-refractivity contribution in [2.24, 2.45) is 0 Å². The fourth-order valence-corrected chi connectivity index (χ4v) is 4.63. The summed E-state index contributed by atoms with van der Waals surface area (Å²) >= 11 is 7.87. The van der Waals surface area contributed by atoms with Crippen molar-refractivity contribution in [3.05, 3.63) is 79.9 Å². The maximum absolute atomic E-state index is 13.4. The van der Waals surface area contributed by atoms with Gasteiger partial charge in [0, 0.05) is 16.1 Å². The summed E-state index contributed by atoms with van der Waals surface area (Å²) in [5.74, 6) is 0.0838. The van der Waals surface area contributed by atoms with E-state index in [4.69, 9.17) is 16.6 Å². The number of hydrogen-bond donors (Lipinski definition) is 1. The van der Waals surface area contributed by atoms with Gasteiger partial charge in [-0.25, -0.2) is 4.98 Å². The fourth-order valence-electron chi connectivity index (χ4n) is 3.39. The van der Waals surface area contributed by atoms with Crippen LogP contribution in [0, 0.1) is 20.8 Å². The van der Waals surface area contributed by atoms with Gasteiger partial charge in [-0.1, -0.05) is 35.9 Å². The summed E-state index contributed by atoms with van der Waals surface area (Å²) in [7, 11) is 0. The molecule has 0 atom stereocenters. The zero-order valence-electron chi connectivity index (χ0n) is 16.8. The molecule has 0 fully saturated rings. The number of anilines is 1. The van der Waals surface area contributed by atoms with Crippen molar-refractivity contribution in [3.8, 4) is 11.4 Å². The first-order valence-corrected chi connectivity index (χ1v) is 10.7. The molecule has 2 aromatic carbocycles. The van der Waals surface area contributed by atoms with Crippen molar-refractivity contribution in [2.45, 2.75) is 27.3 Å². The van der Waals surface area contributed by atoms with Crippen LogP contribution in [0.3, 0.4) is 0 Å². The molecule has 2 heterocycles. The lowest BCUT2D eigenvalue weighted by Crippen LogP contribution is -2.30.